The molecule has 5 aromatic rings. The second kappa shape index (κ2) is 9.76. The molecule has 2 aromatic carbocycles. The van der Waals surface area contributed by atoms with Gasteiger partial charge in [0.05, 0.1) is 23.2 Å². The summed E-state index contributed by atoms with van der Waals surface area (Å²) in [5.74, 6) is -0.445. The van der Waals surface area contributed by atoms with Crippen LogP contribution in [0.25, 0.3) is 28.1 Å². The second-order valence-electron chi connectivity index (χ2n) is 8.20. The zero-order chi connectivity index (χ0) is 25.9. The number of para-hydroxylation sites is 2. The Balaban J connectivity index is 1.64. The van der Waals surface area contributed by atoms with E-state index in [9.17, 15) is 20.4 Å². The number of unbranched alkanes of at least 4 members (excludes halogenated alkanes) is 1. The van der Waals surface area contributed by atoms with E-state index in [1.807, 2.05) is 37.3 Å². The molecule has 0 unspecified atom stereocenters. The Bertz CT molecular complexity index is 1740. The number of nitrogens with zero attached hydrogens (tertiary/aromatic N) is 7. The van der Waals surface area contributed by atoms with Gasteiger partial charge >= 0.3 is 0 Å². The first-order valence-electron chi connectivity index (χ1n) is 11.5. The molecule has 0 aliphatic heterocycles. The quantitative estimate of drug-likeness (QED) is 0.352. The topological polar surface area (TPSA) is 168 Å². The van der Waals surface area contributed by atoms with Crippen LogP contribution < -0.4 is 5.56 Å². The lowest BCUT2D eigenvalue weighted by Crippen LogP contribution is -2.21. The SMILES string of the molecule is CCCCc1nc(=O)c(-c2nnc(Cc3noc4ccccc34)o2)c(O)n1-c1c(C#N)cccc1C#N. The Morgan fingerprint density at radius 2 is 1.81 bits per heavy atom. The van der Waals surface area contributed by atoms with Crippen LogP contribution in [0.2, 0.25) is 0 Å². The van der Waals surface area contributed by atoms with Gasteiger partial charge in [-0.2, -0.15) is 15.5 Å². The first-order chi connectivity index (χ1) is 18.0. The Morgan fingerprint density at radius 3 is 2.54 bits per heavy atom. The molecular weight excluding hydrogens is 474 g/mol. The van der Waals surface area contributed by atoms with Crippen LogP contribution in [0.15, 0.2) is 56.2 Å². The number of benzene rings is 2. The van der Waals surface area contributed by atoms with Crippen molar-refractivity contribution in [3.05, 3.63) is 81.4 Å². The lowest BCUT2D eigenvalue weighted by Gasteiger charge is -2.18. The van der Waals surface area contributed by atoms with Crippen molar-refractivity contribution in [3.8, 4) is 35.2 Å². The first-order valence-corrected chi connectivity index (χ1v) is 11.5. The van der Waals surface area contributed by atoms with Gasteiger partial charge in [0.15, 0.2) is 11.1 Å². The number of aromatic hydroxyl groups is 1. The minimum absolute atomic E-state index is 0.124. The summed E-state index contributed by atoms with van der Waals surface area (Å²) >= 11 is 0. The predicted molar refractivity (Wildman–Crippen MR) is 130 cm³/mol. The molecule has 0 saturated carbocycles. The van der Waals surface area contributed by atoms with Crippen LogP contribution in [0, 0.1) is 22.7 Å². The van der Waals surface area contributed by atoms with E-state index in [1.54, 1.807) is 12.1 Å². The van der Waals surface area contributed by atoms with Crippen LogP contribution >= 0.6 is 0 Å². The van der Waals surface area contributed by atoms with Crippen LogP contribution in [0.5, 0.6) is 5.88 Å². The molecule has 0 atom stereocenters. The van der Waals surface area contributed by atoms with Crippen LogP contribution in [0.4, 0.5) is 0 Å². The molecule has 0 radical (unpaired) electrons. The highest BCUT2D eigenvalue weighted by Gasteiger charge is 2.26. The van der Waals surface area contributed by atoms with E-state index in [1.165, 1.54) is 16.7 Å². The maximum Gasteiger partial charge on any atom is 0.289 e. The Morgan fingerprint density at radius 1 is 1.05 bits per heavy atom. The van der Waals surface area contributed by atoms with Gasteiger partial charge in [0.25, 0.3) is 11.4 Å². The summed E-state index contributed by atoms with van der Waals surface area (Å²) in [5.41, 5.74) is 0.464. The van der Waals surface area contributed by atoms with E-state index < -0.39 is 11.4 Å². The molecule has 0 saturated heterocycles. The molecule has 0 spiro atoms. The monoisotopic (exact) mass is 493 g/mol. The molecule has 0 bridgehead atoms. The van der Waals surface area contributed by atoms with Gasteiger partial charge in [0, 0.05) is 11.8 Å². The third-order valence-corrected chi connectivity index (χ3v) is 5.84. The number of hydrogen-bond acceptors (Lipinski definition) is 10. The molecule has 0 aliphatic carbocycles. The lowest BCUT2D eigenvalue weighted by atomic mass is 10.1. The van der Waals surface area contributed by atoms with Gasteiger partial charge in [-0.1, -0.05) is 36.7 Å². The van der Waals surface area contributed by atoms with Crippen molar-refractivity contribution in [2.45, 2.75) is 32.6 Å². The predicted octanol–water partition coefficient (Wildman–Crippen LogP) is 3.81. The second-order valence-corrected chi connectivity index (χ2v) is 8.20. The molecule has 11 heteroatoms. The van der Waals surface area contributed by atoms with Crippen molar-refractivity contribution >= 4 is 11.0 Å². The molecular formula is C26H19N7O4. The van der Waals surface area contributed by atoms with Gasteiger partial charge in [-0.05, 0) is 30.7 Å². The summed E-state index contributed by atoms with van der Waals surface area (Å²) in [4.78, 5) is 17.2. The molecule has 11 nitrogen and oxygen atoms in total. The maximum absolute atomic E-state index is 13.0. The number of aromatic nitrogens is 5. The fraction of sp³-hybridized carbons (Fsp3) is 0.192. The van der Waals surface area contributed by atoms with E-state index in [0.717, 1.165) is 11.8 Å². The molecule has 0 amide bonds. The third-order valence-electron chi connectivity index (χ3n) is 5.84. The highest BCUT2D eigenvalue weighted by Crippen LogP contribution is 2.32. The Labute approximate surface area is 209 Å². The summed E-state index contributed by atoms with van der Waals surface area (Å²) < 4.78 is 12.3. The largest absolute Gasteiger partial charge is 0.493 e. The zero-order valence-corrected chi connectivity index (χ0v) is 19.7. The van der Waals surface area contributed by atoms with Gasteiger partial charge in [0.2, 0.25) is 11.8 Å². The van der Waals surface area contributed by atoms with Crippen LogP contribution in [-0.4, -0.2) is 30.0 Å². The summed E-state index contributed by atoms with van der Waals surface area (Å²) in [7, 11) is 0. The van der Waals surface area contributed by atoms with Gasteiger partial charge in [-0.25, -0.2) is 0 Å². The lowest BCUT2D eigenvalue weighted by molar-refractivity contribution is 0.425. The van der Waals surface area contributed by atoms with E-state index in [0.29, 0.717) is 24.1 Å². The van der Waals surface area contributed by atoms with E-state index in [4.69, 9.17) is 8.94 Å². The highest BCUT2D eigenvalue weighted by atomic mass is 16.5. The molecule has 3 aromatic heterocycles. The number of nitriles is 2. The number of rotatable bonds is 7. The highest BCUT2D eigenvalue weighted by molar-refractivity contribution is 5.79. The van der Waals surface area contributed by atoms with Crippen molar-refractivity contribution in [3.63, 3.8) is 0 Å². The van der Waals surface area contributed by atoms with Crippen LogP contribution in [-0.2, 0) is 12.8 Å². The normalized spacial score (nSPS) is 10.9. The molecule has 182 valence electrons. The molecule has 1 N–H and O–H groups in total. The standard InChI is InChI=1S/C26H19N7O4/c1-2-3-11-20-29-24(34)22(26(35)33(20)23-15(13-27)7-6-8-16(23)14-28)25-31-30-21(36-25)12-18-17-9-4-5-10-19(17)37-32-18/h4-10,35H,2-3,11-12H2,1H3. The molecule has 0 aliphatic rings. The van der Waals surface area contributed by atoms with E-state index >= 15 is 0 Å². The van der Waals surface area contributed by atoms with Crippen molar-refractivity contribution in [1.29, 1.82) is 10.5 Å². The summed E-state index contributed by atoms with van der Waals surface area (Å²) in [6.45, 7) is 1.97. The minimum atomic E-state index is -0.769. The molecule has 3 heterocycles. The molecule has 37 heavy (non-hydrogen) atoms. The van der Waals surface area contributed by atoms with E-state index in [-0.39, 0.29) is 46.4 Å². The average Bonchev–Trinajstić information content (AvgIpc) is 3.54. The molecule has 0 fully saturated rings. The van der Waals surface area contributed by atoms with Crippen molar-refractivity contribution in [1.82, 2.24) is 24.9 Å². The third kappa shape index (κ3) is 4.19. The summed E-state index contributed by atoms with van der Waals surface area (Å²) in [6.07, 6.45) is 1.93. The number of hydrogen-bond donors (Lipinski definition) is 1. The molecule has 5 rings (SSSR count). The Kier molecular flexibility index (Phi) is 6.18. The Hall–Kier alpha value is -5.29. The fourth-order valence-electron chi connectivity index (χ4n) is 4.08. The van der Waals surface area contributed by atoms with Crippen molar-refractivity contribution in [2.24, 2.45) is 0 Å². The van der Waals surface area contributed by atoms with Gasteiger partial charge in [0.1, 0.15) is 23.7 Å². The van der Waals surface area contributed by atoms with Gasteiger partial charge < -0.3 is 14.0 Å². The van der Waals surface area contributed by atoms with E-state index in [2.05, 4.69) is 20.3 Å². The maximum atomic E-state index is 13.0. The van der Waals surface area contributed by atoms with Crippen molar-refractivity contribution in [2.75, 3.05) is 0 Å². The van der Waals surface area contributed by atoms with Crippen LogP contribution in [0.3, 0.4) is 0 Å². The summed E-state index contributed by atoms with van der Waals surface area (Å²) in [6, 6.07) is 16.0. The summed E-state index contributed by atoms with van der Waals surface area (Å²) in [5, 5.41) is 43.6. The van der Waals surface area contributed by atoms with Crippen LogP contribution in [0.1, 0.15) is 48.3 Å². The smallest absolute Gasteiger partial charge is 0.289 e. The minimum Gasteiger partial charge on any atom is -0.493 e. The average molecular weight is 493 g/mol. The van der Waals surface area contributed by atoms with Gasteiger partial charge in [-0.15, -0.1) is 10.2 Å². The fourth-order valence-corrected chi connectivity index (χ4v) is 4.08. The number of aryl methyl sites for hydroxylation is 1. The van der Waals surface area contributed by atoms with Gasteiger partial charge in [-0.3, -0.25) is 9.36 Å². The zero-order valence-electron chi connectivity index (χ0n) is 19.7. The first kappa shape index (κ1) is 23.5. The number of fused-ring (bicyclic) bond motifs is 1. The van der Waals surface area contributed by atoms with Crippen molar-refractivity contribution < 1.29 is 14.0 Å².